The van der Waals surface area contributed by atoms with E-state index in [1.807, 2.05) is 18.2 Å². The lowest BCUT2D eigenvalue weighted by atomic mass is 9.91. The van der Waals surface area contributed by atoms with E-state index < -0.39 is 13.7 Å². The fourth-order valence-corrected chi connectivity index (χ4v) is 3.30. The minimum absolute atomic E-state index is 0.670. The molecule has 1 aliphatic heterocycles. The minimum atomic E-state index is -1.77. The average molecular weight is 366 g/mol. The Kier molecular flexibility index (Phi) is 3.97. The molecule has 1 aromatic rings. The molecule has 0 saturated carbocycles. The maximum Gasteiger partial charge on any atom is 0.239 e. The molecule has 1 unspecified atom stereocenters. The maximum atomic E-state index is 6.54. The van der Waals surface area contributed by atoms with Gasteiger partial charge in [-0.05, 0) is 11.6 Å². The van der Waals surface area contributed by atoms with Crippen LogP contribution < -0.4 is 0 Å². The van der Waals surface area contributed by atoms with Gasteiger partial charge < -0.3 is 0 Å². The molecule has 1 aromatic carbocycles. The Bertz CT molecular complexity index is 472. The summed E-state index contributed by atoms with van der Waals surface area (Å²) >= 11 is 37.2. The van der Waals surface area contributed by atoms with Crippen molar-refractivity contribution < 1.29 is 0 Å². The zero-order valence-electron chi connectivity index (χ0n) is 8.76. The van der Waals surface area contributed by atoms with Crippen LogP contribution >= 0.6 is 69.8 Å². The van der Waals surface area contributed by atoms with E-state index in [1.54, 1.807) is 18.2 Å². The second-order valence-electron chi connectivity index (χ2n) is 3.82. The number of benzene rings is 1. The van der Waals surface area contributed by atoms with Crippen LogP contribution in [0.1, 0.15) is 5.56 Å². The van der Waals surface area contributed by atoms with Crippen molar-refractivity contribution >= 4 is 69.8 Å². The summed E-state index contributed by atoms with van der Waals surface area (Å²) in [5, 5.41) is 0. The van der Waals surface area contributed by atoms with E-state index in [4.69, 9.17) is 69.8 Å². The van der Waals surface area contributed by atoms with E-state index in [0.717, 1.165) is 4.42 Å². The smallest absolute Gasteiger partial charge is 0.239 e. The molecule has 0 bridgehead atoms. The zero-order chi connectivity index (χ0) is 13.6. The predicted molar refractivity (Wildman–Crippen MR) is 79.7 cm³/mol. The molecule has 2 rings (SSSR count). The summed E-state index contributed by atoms with van der Waals surface area (Å²) in [5.41, 5.74) is 0.670. The molecule has 0 aliphatic carbocycles. The van der Waals surface area contributed by atoms with Gasteiger partial charge >= 0.3 is 0 Å². The monoisotopic (exact) mass is 363 g/mol. The van der Waals surface area contributed by atoms with Crippen LogP contribution in [0.4, 0.5) is 0 Å². The van der Waals surface area contributed by atoms with E-state index in [1.165, 1.54) is 6.20 Å². The molecule has 0 saturated heterocycles. The van der Waals surface area contributed by atoms with Gasteiger partial charge in [-0.3, -0.25) is 4.42 Å². The van der Waals surface area contributed by atoms with Crippen LogP contribution in [0.2, 0.25) is 0 Å². The van der Waals surface area contributed by atoms with Gasteiger partial charge in [0.2, 0.25) is 4.46 Å². The summed E-state index contributed by atoms with van der Waals surface area (Å²) in [6, 6.07) is 9.04. The third-order valence-corrected chi connectivity index (χ3v) is 6.55. The Morgan fingerprint density at radius 3 is 2.00 bits per heavy atom. The molecule has 0 radical (unpaired) electrons. The van der Waals surface area contributed by atoms with Crippen molar-refractivity contribution in [1.82, 2.24) is 4.42 Å². The molecule has 0 aromatic heterocycles. The highest BCUT2D eigenvalue weighted by molar-refractivity contribution is 6.66. The first kappa shape index (κ1) is 14.9. The summed E-state index contributed by atoms with van der Waals surface area (Å²) in [5.74, 6) is 0. The van der Waals surface area contributed by atoms with Crippen LogP contribution in [0.25, 0.3) is 0 Å². The largest absolute Gasteiger partial charge is 0.255 e. The number of hydrogen-bond acceptors (Lipinski definition) is 1. The van der Waals surface area contributed by atoms with Gasteiger partial charge in [0.1, 0.15) is 4.87 Å². The van der Waals surface area contributed by atoms with Crippen LogP contribution in [-0.2, 0) is 4.87 Å². The molecule has 1 atom stereocenters. The van der Waals surface area contributed by atoms with Gasteiger partial charge in [0.25, 0.3) is 0 Å². The van der Waals surface area contributed by atoms with Gasteiger partial charge in [-0.2, -0.15) is 0 Å². The van der Waals surface area contributed by atoms with Crippen molar-refractivity contribution in [1.29, 1.82) is 0 Å². The van der Waals surface area contributed by atoms with Crippen LogP contribution in [-0.4, -0.2) is 13.2 Å². The predicted octanol–water partition coefficient (Wildman–Crippen LogP) is 5.41. The van der Waals surface area contributed by atoms with Crippen molar-refractivity contribution in [3.8, 4) is 0 Å². The molecule has 1 aliphatic rings. The molecule has 98 valence electrons. The van der Waals surface area contributed by atoms with Crippen molar-refractivity contribution in [3.05, 3.63) is 48.2 Å². The Labute approximate surface area is 135 Å². The maximum absolute atomic E-state index is 6.54. The van der Waals surface area contributed by atoms with Crippen molar-refractivity contribution in [2.45, 2.75) is 13.7 Å². The second-order valence-corrected chi connectivity index (χ2v) is 7.40. The van der Waals surface area contributed by atoms with Crippen LogP contribution in [0.5, 0.6) is 0 Å². The van der Waals surface area contributed by atoms with Crippen molar-refractivity contribution in [3.63, 3.8) is 0 Å². The van der Waals surface area contributed by atoms with Gasteiger partial charge in [-0.25, -0.2) is 0 Å². The summed E-state index contributed by atoms with van der Waals surface area (Å²) in [6.07, 6.45) is 2.99. The topological polar surface area (TPSA) is 3.24 Å². The highest BCUT2D eigenvalue weighted by Crippen LogP contribution is 2.61. The van der Waals surface area contributed by atoms with E-state index in [2.05, 4.69) is 0 Å². The number of allylic oxidation sites excluding steroid dienone is 1. The Hall–Kier alpha value is 0.500. The Balaban J connectivity index is 2.61. The standard InChI is InChI=1S/C11H7Cl6N/c12-9(8-4-2-1-3-5-8)6-7-18(17)11(15,16)10(9,13)14/h1-7H. The van der Waals surface area contributed by atoms with Gasteiger partial charge in [0.15, 0.2) is 4.33 Å². The molecule has 0 fully saturated rings. The highest BCUT2D eigenvalue weighted by atomic mass is 35.5. The van der Waals surface area contributed by atoms with Crippen LogP contribution in [0, 0.1) is 0 Å². The van der Waals surface area contributed by atoms with Crippen LogP contribution in [0.15, 0.2) is 42.6 Å². The molecule has 1 heterocycles. The van der Waals surface area contributed by atoms with Crippen molar-refractivity contribution in [2.75, 3.05) is 0 Å². The second kappa shape index (κ2) is 4.80. The first-order chi connectivity index (χ1) is 8.23. The summed E-state index contributed by atoms with van der Waals surface area (Å²) < 4.78 is -2.54. The van der Waals surface area contributed by atoms with E-state index in [0.29, 0.717) is 5.56 Å². The molecule has 0 amide bonds. The normalized spacial score (nSPS) is 29.3. The van der Waals surface area contributed by atoms with Gasteiger partial charge in [0, 0.05) is 18.0 Å². The highest BCUT2D eigenvalue weighted by Gasteiger charge is 2.65. The van der Waals surface area contributed by atoms with Gasteiger partial charge in [-0.15, -0.1) is 11.6 Å². The third-order valence-electron chi connectivity index (χ3n) is 2.73. The average Bonchev–Trinajstić information content (AvgIpc) is 2.34. The number of nitrogens with zero attached hydrogens (tertiary/aromatic N) is 1. The van der Waals surface area contributed by atoms with Crippen molar-refractivity contribution in [2.24, 2.45) is 0 Å². The number of halogens is 6. The van der Waals surface area contributed by atoms with Crippen LogP contribution in [0.3, 0.4) is 0 Å². The van der Waals surface area contributed by atoms with E-state index >= 15 is 0 Å². The number of rotatable bonds is 1. The fourth-order valence-electron chi connectivity index (χ4n) is 1.68. The SMILES string of the molecule is ClN1C=CC(Cl)(c2ccccc2)C(Cl)(Cl)C1(Cl)Cl. The molecule has 0 N–H and O–H groups in total. The lowest BCUT2D eigenvalue weighted by molar-refractivity contribution is 0.378. The lowest BCUT2D eigenvalue weighted by Gasteiger charge is -2.48. The molecule has 0 spiro atoms. The van der Waals surface area contributed by atoms with E-state index in [-0.39, 0.29) is 0 Å². The molecular formula is C11H7Cl6N. The third kappa shape index (κ3) is 2.00. The Morgan fingerprint density at radius 2 is 1.44 bits per heavy atom. The zero-order valence-corrected chi connectivity index (χ0v) is 13.3. The lowest BCUT2D eigenvalue weighted by Crippen LogP contribution is -2.57. The first-order valence-corrected chi connectivity index (χ1v) is 7.11. The number of hydrogen-bond donors (Lipinski definition) is 0. The molecule has 1 nitrogen and oxygen atoms in total. The van der Waals surface area contributed by atoms with Gasteiger partial charge in [-0.1, -0.05) is 76.7 Å². The first-order valence-electron chi connectivity index (χ1n) is 4.88. The van der Waals surface area contributed by atoms with E-state index in [9.17, 15) is 0 Å². The molecule has 18 heavy (non-hydrogen) atoms. The fraction of sp³-hybridized carbons (Fsp3) is 0.273. The summed E-state index contributed by atoms with van der Waals surface area (Å²) in [7, 11) is 0. The Morgan fingerprint density at radius 1 is 0.889 bits per heavy atom. The summed E-state index contributed by atoms with van der Waals surface area (Å²) in [4.78, 5) is -1.29. The molecular weight excluding hydrogens is 359 g/mol. The quantitative estimate of drug-likeness (QED) is 0.365. The van der Waals surface area contributed by atoms with Gasteiger partial charge in [0.05, 0.1) is 0 Å². The summed E-state index contributed by atoms with van der Waals surface area (Å²) in [6.45, 7) is 0. The minimum Gasteiger partial charge on any atom is -0.255 e. The number of alkyl halides is 5. The molecule has 7 heteroatoms.